The Hall–Kier alpha value is -1.91. The van der Waals surface area contributed by atoms with Gasteiger partial charge in [-0.25, -0.2) is 4.39 Å². The highest BCUT2D eigenvalue weighted by Gasteiger charge is 2.10. The molecule has 1 heterocycles. The number of benzene rings is 1. The second-order valence-corrected chi connectivity index (χ2v) is 3.34. The molecule has 1 aromatic carbocycles. The van der Waals surface area contributed by atoms with E-state index < -0.39 is 11.8 Å². The summed E-state index contributed by atoms with van der Waals surface area (Å²) < 4.78 is 15.0. The molecule has 0 saturated heterocycles. The van der Waals surface area contributed by atoms with E-state index in [0.29, 0.717) is 5.52 Å². The minimum absolute atomic E-state index is 0.183. The lowest BCUT2D eigenvalue weighted by Gasteiger charge is -2.01. The fraction of sp³-hybridized carbons (Fsp3) is 0.200. The minimum atomic E-state index is -1.04. The predicted molar refractivity (Wildman–Crippen MR) is 52.0 cm³/mol. The third-order valence-electron chi connectivity index (χ3n) is 2.26. The van der Waals surface area contributed by atoms with E-state index >= 15 is 0 Å². The first-order valence-electron chi connectivity index (χ1n) is 4.40. The average Bonchev–Trinajstić information content (AvgIpc) is 2.48. The van der Waals surface area contributed by atoms with Gasteiger partial charge in [-0.1, -0.05) is 0 Å². The number of aliphatic carboxylic acids is 1. The zero-order valence-electron chi connectivity index (χ0n) is 8.07. The number of rotatable bonds is 2. The van der Waals surface area contributed by atoms with E-state index in [4.69, 9.17) is 5.11 Å². The van der Waals surface area contributed by atoms with Crippen LogP contribution in [-0.2, 0) is 18.3 Å². The van der Waals surface area contributed by atoms with Gasteiger partial charge in [0.1, 0.15) is 5.82 Å². The van der Waals surface area contributed by atoms with Crippen molar-refractivity contribution >= 4 is 16.9 Å². The first-order valence-corrected chi connectivity index (χ1v) is 4.40. The SMILES string of the molecule is Cn1ncc2cc(CC(=O)O)c(F)cc21. The van der Waals surface area contributed by atoms with Crippen LogP contribution in [0.15, 0.2) is 18.3 Å². The van der Waals surface area contributed by atoms with Crippen LogP contribution in [0.25, 0.3) is 10.9 Å². The molecule has 0 amide bonds. The molecule has 0 aliphatic rings. The lowest BCUT2D eigenvalue weighted by Crippen LogP contribution is -2.02. The number of aryl methyl sites for hydroxylation is 1. The number of carboxylic acid groups (broad SMARTS) is 1. The van der Waals surface area contributed by atoms with Crippen LogP contribution < -0.4 is 0 Å². The monoisotopic (exact) mass is 208 g/mol. The number of aromatic nitrogens is 2. The van der Waals surface area contributed by atoms with E-state index in [2.05, 4.69) is 5.10 Å². The van der Waals surface area contributed by atoms with Gasteiger partial charge in [0, 0.05) is 18.5 Å². The molecule has 0 unspecified atom stereocenters. The number of fused-ring (bicyclic) bond motifs is 1. The number of hydrogen-bond donors (Lipinski definition) is 1. The molecule has 1 N–H and O–H groups in total. The van der Waals surface area contributed by atoms with Crippen LogP contribution in [0, 0.1) is 5.82 Å². The maximum Gasteiger partial charge on any atom is 0.307 e. The van der Waals surface area contributed by atoms with Gasteiger partial charge in [-0.05, 0) is 11.6 Å². The Kier molecular flexibility index (Phi) is 2.15. The molecule has 0 aliphatic heterocycles. The average molecular weight is 208 g/mol. The maximum atomic E-state index is 13.4. The normalized spacial score (nSPS) is 10.8. The van der Waals surface area contributed by atoms with Gasteiger partial charge in [-0.3, -0.25) is 9.48 Å². The Bertz CT molecular complexity index is 533. The molecule has 0 aliphatic carbocycles. The standard InChI is InChI=1S/C10H9FN2O2/c1-13-9-4-8(11)6(3-10(14)15)2-7(9)5-12-13/h2,4-5H,3H2,1H3,(H,14,15). The van der Waals surface area contributed by atoms with Crippen molar-refractivity contribution in [2.24, 2.45) is 7.05 Å². The number of carbonyl (C=O) groups is 1. The van der Waals surface area contributed by atoms with Crippen LogP contribution in [0.1, 0.15) is 5.56 Å². The summed E-state index contributed by atoms with van der Waals surface area (Å²) in [6.07, 6.45) is 1.27. The van der Waals surface area contributed by atoms with Crippen molar-refractivity contribution in [2.45, 2.75) is 6.42 Å². The van der Waals surface area contributed by atoms with Crippen molar-refractivity contribution in [1.29, 1.82) is 0 Å². The lowest BCUT2D eigenvalue weighted by atomic mass is 10.1. The Labute approximate surface area is 84.9 Å². The minimum Gasteiger partial charge on any atom is -0.481 e. The van der Waals surface area contributed by atoms with Crippen LogP contribution in [0.4, 0.5) is 4.39 Å². The molecule has 78 valence electrons. The smallest absolute Gasteiger partial charge is 0.307 e. The Balaban J connectivity index is 2.57. The zero-order chi connectivity index (χ0) is 11.0. The third-order valence-corrected chi connectivity index (χ3v) is 2.26. The van der Waals surface area contributed by atoms with Gasteiger partial charge in [-0.2, -0.15) is 5.10 Å². The summed E-state index contributed by atoms with van der Waals surface area (Å²) in [6, 6.07) is 2.83. The van der Waals surface area contributed by atoms with Crippen LogP contribution in [0.2, 0.25) is 0 Å². The van der Waals surface area contributed by atoms with Gasteiger partial charge >= 0.3 is 5.97 Å². The highest BCUT2D eigenvalue weighted by atomic mass is 19.1. The second kappa shape index (κ2) is 3.34. The summed E-state index contributed by atoms with van der Waals surface area (Å²) in [5.41, 5.74) is 0.838. The van der Waals surface area contributed by atoms with Crippen molar-refractivity contribution in [1.82, 2.24) is 9.78 Å². The number of halogens is 1. The molecule has 0 radical (unpaired) electrons. The first-order chi connectivity index (χ1) is 7.08. The fourth-order valence-corrected chi connectivity index (χ4v) is 1.52. The van der Waals surface area contributed by atoms with Gasteiger partial charge < -0.3 is 5.11 Å². The van der Waals surface area contributed by atoms with E-state index in [1.165, 1.54) is 12.1 Å². The molecular formula is C10H9FN2O2. The Morgan fingerprint density at radius 2 is 2.33 bits per heavy atom. The van der Waals surface area contributed by atoms with E-state index in [-0.39, 0.29) is 12.0 Å². The number of nitrogens with zero attached hydrogens (tertiary/aromatic N) is 2. The topological polar surface area (TPSA) is 55.1 Å². The second-order valence-electron chi connectivity index (χ2n) is 3.34. The molecule has 15 heavy (non-hydrogen) atoms. The molecule has 0 bridgehead atoms. The zero-order valence-corrected chi connectivity index (χ0v) is 8.07. The molecular weight excluding hydrogens is 199 g/mol. The van der Waals surface area contributed by atoms with Crippen molar-refractivity contribution in [2.75, 3.05) is 0 Å². The largest absolute Gasteiger partial charge is 0.481 e. The maximum absolute atomic E-state index is 13.4. The summed E-state index contributed by atoms with van der Waals surface area (Å²) in [5, 5.41) is 13.3. The predicted octanol–water partition coefficient (Wildman–Crippen LogP) is 1.34. The van der Waals surface area contributed by atoms with E-state index in [1.807, 2.05) is 0 Å². The third kappa shape index (κ3) is 1.68. The van der Waals surface area contributed by atoms with E-state index in [0.717, 1.165) is 5.39 Å². The molecule has 0 atom stereocenters. The molecule has 2 aromatic rings. The molecule has 0 fully saturated rings. The highest BCUT2D eigenvalue weighted by molar-refractivity contribution is 5.81. The summed E-state index contributed by atoms with van der Waals surface area (Å²) in [4.78, 5) is 10.5. The summed E-state index contributed by atoms with van der Waals surface area (Å²) >= 11 is 0. The first kappa shape index (κ1) is 9.64. The molecule has 0 saturated carbocycles. The van der Waals surface area contributed by atoms with E-state index in [1.54, 1.807) is 17.9 Å². The summed E-state index contributed by atoms with van der Waals surface area (Å²) in [6.45, 7) is 0. The summed E-state index contributed by atoms with van der Waals surface area (Å²) in [7, 11) is 1.71. The van der Waals surface area contributed by atoms with Gasteiger partial charge in [-0.15, -0.1) is 0 Å². The quantitative estimate of drug-likeness (QED) is 0.810. The molecule has 2 rings (SSSR count). The molecule has 5 heteroatoms. The highest BCUT2D eigenvalue weighted by Crippen LogP contribution is 2.18. The van der Waals surface area contributed by atoms with E-state index in [9.17, 15) is 9.18 Å². The van der Waals surface area contributed by atoms with Crippen molar-refractivity contribution in [3.63, 3.8) is 0 Å². The molecule has 0 spiro atoms. The van der Waals surface area contributed by atoms with Gasteiger partial charge in [0.15, 0.2) is 0 Å². The van der Waals surface area contributed by atoms with Crippen LogP contribution >= 0.6 is 0 Å². The Morgan fingerprint density at radius 1 is 1.60 bits per heavy atom. The summed E-state index contributed by atoms with van der Waals surface area (Å²) in [5.74, 6) is -1.55. The van der Waals surface area contributed by atoms with Crippen LogP contribution in [-0.4, -0.2) is 20.9 Å². The fourth-order valence-electron chi connectivity index (χ4n) is 1.52. The Morgan fingerprint density at radius 3 is 3.00 bits per heavy atom. The molecule has 4 nitrogen and oxygen atoms in total. The van der Waals surface area contributed by atoms with Crippen LogP contribution in [0.3, 0.4) is 0 Å². The lowest BCUT2D eigenvalue weighted by molar-refractivity contribution is -0.136. The molecule has 1 aromatic heterocycles. The number of carboxylic acids is 1. The van der Waals surface area contributed by atoms with Gasteiger partial charge in [0.25, 0.3) is 0 Å². The van der Waals surface area contributed by atoms with Gasteiger partial charge in [0.05, 0.1) is 18.1 Å². The number of hydrogen-bond acceptors (Lipinski definition) is 2. The van der Waals surface area contributed by atoms with Crippen molar-refractivity contribution < 1.29 is 14.3 Å². The van der Waals surface area contributed by atoms with Crippen LogP contribution in [0.5, 0.6) is 0 Å². The van der Waals surface area contributed by atoms with Gasteiger partial charge in [0.2, 0.25) is 0 Å². The van der Waals surface area contributed by atoms with Crippen molar-refractivity contribution in [3.8, 4) is 0 Å². The van der Waals surface area contributed by atoms with Crippen molar-refractivity contribution in [3.05, 3.63) is 29.7 Å².